The standard InChI is InChI=1S/C17H27N3O4S/c1-4-24-16-7-5-14(6-8-16)13-18-17(21)15-9-11-20(12-10-15)25(22,23)19(2)3/h5-8,15H,4,9-13H2,1-3H3,(H,18,21). The summed E-state index contributed by atoms with van der Waals surface area (Å²) in [5, 5.41) is 2.94. The fourth-order valence-electron chi connectivity index (χ4n) is 2.78. The van der Waals surface area contributed by atoms with E-state index in [1.165, 1.54) is 22.7 Å². The van der Waals surface area contributed by atoms with Gasteiger partial charge in [-0.05, 0) is 37.5 Å². The van der Waals surface area contributed by atoms with Gasteiger partial charge in [0.2, 0.25) is 5.91 Å². The first-order chi connectivity index (χ1) is 11.8. The van der Waals surface area contributed by atoms with Gasteiger partial charge in [0.1, 0.15) is 5.75 Å². The Morgan fingerprint density at radius 3 is 2.36 bits per heavy atom. The Balaban J connectivity index is 1.81. The first-order valence-corrected chi connectivity index (χ1v) is 9.91. The number of piperidine rings is 1. The van der Waals surface area contributed by atoms with Gasteiger partial charge in [0, 0.05) is 39.6 Å². The first kappa shape index (κ1) is 19.7. The van der Waals surface area contributed by atoms with E-state index in [2.05, 4.69) is 5.32 Å². The molecule has 1 saturated heterocycles. The molecule has 1 aromatic carbocycles. The van der Waals surface area contributed by atoms with Crippen molar-refractivity contribution in [2.75, 3.05) is 33.8 Å². The van der Waals surface area contributed by atoms with E-state index in [4.69, 9.17) is 4.74 Å². The molecule has 0 unspecified atom stereocenters. The lowest BCUT2D eigenvalue weighted by Crippen LogP contribution is -2.46. The molecule has 0 spiro atoms. The number of carbonyl (C=O) groups is 1. The Labute approximate surface area is 150 Å². The number of carbonyl (C=O) groups excluding carboxylic acids is 1. The van der Waals surface area contributed by atoms with E-state index in [0.29, 0.717) is 39.1 Å². The maximum absolute atomic E-state index is 12.3. The van der Waals surface area contributed by atoms with Gasteiger partial charge < -0.3 is 10.1 Å². The van der Waals surface area contributed by atoms with Crippen molar-refractivity contribution in [3.05, 3.63) is 29.8 Å². The number of nitrogens with one attached hydrogen (secondary N) is 1. The van der Waals surface area contributed by atoms with Crippen molar-refractivity contribution >= 4 is 16.1 Å². The van der Waals surface area contributed by atoms with E-state index in [1.54, 1.807) is 0 Å². The highest BCUT2D eigenvalue weighted by atomic mass is 32.2. The van der Waals surface area contributed by atoms with Crippen LogP contribution >= 0.6 is 0 Å². The Hall–Kier alpha value is -1.64. The molecular weight excluding hydrogens is 342 g/mol. The maximum atomic E-state index is 12.3. The third kappa shape index (κ3) is 5.17. The normalized spacial score (nSPS) is 16.8. The molecule has 0 saturated carbocycles. The van der Waals surface area contributed by atoms with E-state index in [1.807, 2.05) is 31.2 Å². The van der Waals surface area contributed by atoms with Crippen molar-refractivity contribution in [3.63, 3.8) is 0 Å². The third-order valence-electron chi connectivity index (χ3n) is 4.31. The van der Waals surface area contributed by atoms with Crippen LogP contribution in [0.1, 0.15) is 25.3 Å². The Morgan fingerprint density at radius 2 is 1.84 bits per heavy atom. The quantitative estimate of drug-likeness (QED) is 0.784. The highest BCUT2D eigenvalue weighted by Gasteiger charge is 2.32. The number of ether oxygens (including phenoxy) is 1. The molecule has 0 atom stereocenters. The van der Waals surface area contributed by atoms with Gasteiger partial charge in [-0.15, -0.1) is 0 Å². The van der Waals surface area contributed by atoms with Crippen molar-refractivity contribution < 1.29 is 17.9 Å². The lowest BCUT2D eigenvalue weighted by Gasteiger charge is -2.32. The average molecular weight is 369 g/mol. The van der Waals surface area contributed by atoms with Gasteiger partial charge in [-0.1, -0.05) is 12.1 Å². The fourth-order valence-corrected chi connectivity index (χ4v) is 3.92. The minimum Gasteiger partial charge on any atom is -0.494 e. The number of hydrogen-bond acceptors (Lipinski definition) is 4. The Morgan fingerprint density at radius 1 is 1.24 bits per heavy atom. The monoisotopic (exact) mass is 369 g/mol. The van der Waals surface area contributed by atoms with Gasteiger partial charge in [0.05, 0.1) is 6.61 Å². The molecule has 1 amide bonds. The van der Waals surface area contributed by atoms with Crippen LogP contribution in [0.25, 0.3) is 0 Å². The summed E-state index contributed by atoms with van der Waals surface area (Å²) in [5.41, 5.74) is 1.00. The molecule has 1 aromatic rings. The van der Waals surface area contributed by atoms with Crippen molar-refractivity contribution in [1.29, 1.82) is 0 Å². The molecule has 0 radical (unpaired) electrons. The van der Waals surface area contributed by atoms with Gasteiger partial charge in [0.25, 0.3) is 10.2 Å². The van der Waals surface area contributed by atoms with Gasteiger partial charge >= 0.3 is 0 Å². The van der Waals surface area contributed by atoms with Crippen LogP contribution in [0.3, 0.4) is 0 Å². The second-order valence-electron chi connectivity index (χ2n) is 6.26. The summed E-state index contributed by atoms with van der Waals surface area (Å²) in [6, 6.07) is 7.63. The summed E-state index contributed by atoms with van der Waals surface area (Å²) in [4.78, 5) is 12.3. The van der Waals surface area contributed by atoms with Crippen molar-refractivity contribution in [2.24, 2.45) is 5.92 Å². The highest BCUT2D eigenvalue weighted by molar-refractivity contribution is 7.86. The van der Waals surface area contributed by atoms with E-state index in [9.17, 15) is 13.2 Å². The average Bonchev–Trinajstić information content (AvgIpc) is 2.61. The molecular formula is C17H27N3O4S. The van der Waals surface area contributed by atoms with Gasteiger partial charge in [-0.3, -0.25) is 4.79 Å². The summed E-state index contributed by atoms with van der Waals surface area (Å²) in [6.07, 6.45) is 1.09. The molecule has 2 rings (SSSR count). The molecule has 25 heavy (non-hydrogen) atoms. The Kier molecular flexibility index (Phi) is 6.80. The molecule has 1 N–H and O–H groups in total. The minimum atomic E-state index is -3.39. The van der Waals surface area contributed by atoms with Crippen LogP contribution in [0.5, 0.6) is 5.75 Å². The summed E-state index contributed by atoms with van der Waals surface area (Å²) >= 11 is 0. The van der Waals surface area contributed by atoms with Crippen molar-refractivity contribution in [1.82, 2.24) is 13.9 Å². The lowest BCUT2D eigenvalue weighted by atomic mass is 9.97. The summed E-state index contributed by atoms with van der Waals surface area (Å²) in [6.45, 7) is 3.77. The van der Waals surface area contributed by atoms with Gasteiger partial charge in [-0.2, -0.15) is 17.0 Å². The SMILES string of the molecule is CCOc1ccc(CNC(=O)C2CCN(S(=O)(=O)N(C)C)CC2)cc1. The number of nitrogens with zero attached hydrogens (tertiary/aromatic N) is 2. The second kappa shape index (κ2) is 8.64. The van der Waals surface area contributed by atoms with Gasteiger partial charge in [-0.25, -0.2) is 0 Å². The minimum absolute atomic E-state index is 0.0178. The number of benzene rings is 1. The summed E-state index contributed by atoms with van der Waals surface area (Å²) in [7, 11) is -0.353. The van der Waals surface area contributed by atoms with Crippen LogP contribution in [0.15, 0.2) is 24.3 Å². The molecule has 0 bridgehead atoms. The first-order valence-electron chi connectivity index (χ1n) is 8.51. The van der Waals surface area contributed by atoms with Gasteiger partial charge in [0.15, 0.2) is 0 Å². The summed E-state index contributed by atoms with van der Waals surface area (Å²) < 4.78 is 32.2. The van der Waals surface area contributed by atoms with Crippen LogP contribution in [0.4, 0.5) is 0 Å². The molecule has 0 aliphatic carbocycles. The van der Waals surface area contributed by atoms with Crippen LogP contribution in [0.2, 0.25) is 0 Å². The molecule has 8 heteroatoms. The number of hydrogen-bond donors (Lipinski definition) is 1. The van der Waals surface area contributed by atoms with Crippen molar-refractivity contribution in [3.8, 4) is 5.75 Å². The van der Waals surface area contributed by atoms with E-state index in [-0.39, 0.29) is 11.8 Å². The maximum Gasteiger partial charge on any atom is 0.281 e. The highest BCUT2D eigenvalue weighted by Crippen LogP contribution is 2.21. The molecule has 1 aliphatic rings. The van der Waals surface area contributed by atoms with E-state index >= 15 is 0 Å². The predicted octanol–water partition coefficient (Wildman–Crippen LogP) is 1.22. The van der Waals surface area contributed by atoms with E-state index < -0.39 is 10.2 Å². The van der Waals surface area contributed by atoms with Crippen LogP contribution in [-0.2, 0) is 21.5 Å². The zero-order valence-corrected chi connectivity index (χ0v) is 15.9. The lowest BCUT2D eigenvalue weighted by molar-refractivity contribution is -0.126. The summed E-state index contributed by atoms with van der Waals surface area (Å²) in [5.74, 6) is 0.652. The van der Waals surface area contributed by atoms with E-state index in [0.717, 1.165) is 11.3 Å². The molecule has 140 valence electrons. The van der Waals surface area contributed by atoms with Crippen LogP contribution < -0.4 is 10.1 Å². The zero-order chi connectivity index (χ0) is 18.4. The largest absolute Gasteiger partial charge is 0.494 e. The van der Waals surface area contributed by atoms with Crippen LogP contribution in [0, 0.1) is 5.92 Å². The molecule has 0 aromatic heterocycles. The third-order valence-corrected chi connectivity index (χ3v) is 6.25. The molecule has 1 heterocycles. The molecule has 1 fully saturated rings. The number of rotatable bonds is 7. The second-order valence-corrected chi connectivity index (χ2v) is 8.40. The number of amides is 1. The Bertz CT molecular complexity index is 666. The predicted molar refractivity (Wildman–Crippen MR) is 96.4 cm³/mol. The van der Waals surface area contributed by atoms with Crippen molar-refractivity contribution in [2.45, 2.75) is 26.3 Å². The topological polar surface area (TPSA) is 79.0 Å². The molecule has 7 nitrogen and oxygen atoms in total. The van der Waals surface area contributed by atoms with Crippen LogP contribution in [-0.4, -0.2) is 56.7 Å². The zero-order valence-electron chi connectivity index (χ0n) is 15.1. The fraction of sp³-hybridized carbons (Fsp3) is 0.588. The smallest absolute Gasteiger partial charge is 0.281 e. The molecule has 1 aliphatic heterocycles.